The van der Waals surface area contributed by atoms with Crippen LogP contribution in [0.15, 0.2) is 12.2 Å². The first-order chi connectivity index (χ1) is 31.1. The lowest BCUT2D eigenvalue weighted by Crippen LogP contribution is -2.44. The molecule has 0 bridgehead atoms. The predicted molar refractivity (Wildman–Crippen MR) is 265 cm³/mol. The second-order valence-corrected chi connectivity index (χ2v) is 19.9. The molecule has 0 aromatic heterocycles. The fourth-order valence-electron chi connectivity index (χ4n) is 8.00. The fraction of sp³-hybridized carbons (Fsp3) is 0.909. The van der Waals surface area contributed by atoms with Crippen molar-refractivity contribution < 1.29 is 42.9 Å². The molecule has 0 N–H and O–H groups in total. The molecule has 0 saturated heterocycles. The minimum Gasteiger partial charge on any atom is -0.545 e. The Morgan fingerprint density at radius 3 is 1.16 bits per heavy atom. The maximum atomic E-state index is 12.8. The average molecular weight is 908 g/mol. The van der Waals surface area contributed by atoms with E-state index < -0.39 is 24.3 Å². The largest absolute Gasteiger partial charge is 0.545 e. The van der Waals surface area contributed by atoms with E-state index in [4.69, 9.17) is 18.9 Å². The Morgan fingerprint density at radius 2 is 0.797 bits per heavy atom. The van der Waals surface area contributed by atoms with Crippen molar-refractivity contribution in [1.29, 1.82) is 0 Å². The summed E-state index contributed by atoms with van der Waals surface area (Å²) in [6, 6.07) is 0. The van der Waals surface area contributed by atoms with Crippen LogP contribution in [0.3, 0.4) is 0 Å². The van der Waals surface area contributed by atoms with E-state index in [0.717, 1.165) is 38.5 Å². The van der Waals surface area contributed by atoms with Gasteiger partial charge in [-0.3, -0.25) is 9.59 Å². The summed E-state index contributed by atoms with van der Waals surface area (Å²) in [5.74, 6) is -2.26. The number of unbranched alkanes of at least 4 members (excludes halogenated alkanes) is 34. The smallest absolute Gasteiger partial charge is 0.306 e. The number of likely N-dealkylation sites (N-methyl/N-ethyl adjacent to an activating group) is 1. The monoisotopic (exact) mass is 908 g/mol. The molecule has 0 aromatic rings. The second kappa shape index (κ2) is 47.5. The van der Waals surface area contributed by atoms with Crippen LogP contribution in [0.5, 0.6) is 0 Å². The first-order valence-corrected chi connectivity index (χ1v) is 27.3. The summed E-state index contributed by atoms with van der Waals surface area (Å²) in [7, 11) is 5.93. The molecule has 0 heterocycles. The van der Waals surface area contributed by atoms with Crippen molar-refractivity contribution >= 4 is 17.9 Å². The molecule has 0 radical (unpaired) electrons. The first kappa shape index (κ1) is 62.0. The third-order valence-electron chi connectivity index (χ3n) is 12.3. The summed E-state index contributed by atoms with van der Waals surface area (Å²) < 4.78 is 22.7. The van der Waals surface area contributed by atoms with Gasteiger partial charge in [-0.25, -0.2) is 0 Å². The van der Waals surface area contributed by atoms with E-state index in [2.05, 4.69) is 26.0 Å². The standard InChI is InChI=1S/C55H105NO8/c1-6-8-10-12-14-16-18-20-22-24-26-27-28-30-32-34-36-38-40-42-44-46-53(58)64-51(50-63-55(54(59)60)61-48-47-56(3,4)5)49-62-52(57)45-43-41-39-37-35-33-31-29-25-23-21-19-17-15-13-11-9-7-2/h24,26,51,55H,6-23,25,27-50H2,1-5H3/b26-24-. The summed E-state index contributed by atoms with van der Waals surface area (Å²) in [5, 5.41) is 11.7. The number of quaternary nitrogens is 1. The van der Waals surface area contributed by atoms with Gasteiger partial charge in [0.15, 0.2) is 12.4 Å². The number of hydrogen-bond donors (Lipinski definition) is 0. The SMILES string of the molecule is CCCCCCCCCC/C=C\CCCCCCCCCCCC(=O)OC(COC(=O)CCCCCCCCCCCCCCCCCCCC)COC(OCC[N+](C)(C)C)C(=O)[O-]. The lowest BCUT2D eigenvalue weighted by Gasteiger charge is -2.26. The van der Waals surface area contributed by atoms with Crippen molar-refractivity contribution in [2.24, 2.45) is 0 Å². The molecule has 2 unspecified atom stereocenters. The minimum absolute atomic E-state index is 0.151. The van der Waals surface area contributed by atoms with Crippen molar-refractivity contribution in [3.05, 3.63) is 12.2 Å². The van der Waals surface area contributed by atoms with Gasteiger partial charge in [0, 0.05) is 12.8 Å². The number of allylic oxidation sites excluding steroid dienone is 2. The maximum absolute atomic E-state index is 12.8. The minimum atomic E-state index is -1.62. The number of esters is 2. The highest BCUT2D eigenvalue weighted by Crippen LogP contribution is 2.17. The van der Waals surface area contributed by atoms with Crippen LogP contribution in [0.4, 0.5) is 0 Å². The van der Waals surface area contributed by atoms with Gasteiger partial charge in [-0.2, -0.15) is 0 Å². The Kier molecular flexibility index (Phi) is 46.1. The molecule has 0 aliphatic heterocycles. The zero-order valence-corrected chi connectivity index (χ0v) is 42.9. The Hall–Kier alpha value is -1.97. The van der Waals surface area contributed by atoms with Crippen LogP contribution in [0.1, 0.15) is 264 Å². The topological polar surface area (TPSA) is 111 Å². The second-order valence-electron chi connectivity index (χ2n) is 19.9. The molecular formula is C55H105NO8. The molecule has 2 atom stereocenters. The van der Waals surface area contributed by atoms with E-state index in [1.807, 2.05) is 21.1 Å². The van der Waals surface area contributed by atoms with Crippen molar-refractivity contribution in [3.8, 4) is 0 Å². The van der Waals surface area contributed by atoms with Crippen LogP contribution in [-0.2, 0) is 33.3 Å². The number of rotatable bonds is 51. The molecule has 0 aromatic carbocycles. The Bertz CT molecular complexity index is 1060. The third kappa shape index (κ3) is 48.0. The van der Waals surface area contributed by atoms with Gasteiger partial charge in [0.25, 0.3) is 0 Å². The summed E-state index contributed by atoms with van der Waals surface area (Å²) in [5.41, 5.74) is 0. The quantitative estimate of drug-likeness (QED) is 0.0195. The zero-order chi connectivity index (χ0) is 47.0. The normalized spacial score (nSPS) is 12.8. The molecule has 0 amide bonds. The predicted octanol–water partition coefficient (Wildman–Crippen LogP) is 14.1. The molecule has 9 nitrogen and oxygen atoms in total. The third-order valence-corrected chi connectivity index (χ3v) is 12.3. The van der Waals surface area contributed by atoms with Crippen molar-refractivity contribution in [2.45, 2.75) is 277 Å². The number of carboxylic acid groups (broad SMARTS) is 1. The van der Waals surface area contributed by atoms with Gasteiger partial charge in [-0.1, -0.05) is 225 Å². The van der Waals surface area contributed by atoms with Gasteiger partial charge in [0.05, 0.1) is 40.3 Å². The van der Waals surface area contributed by atoms with E-state index in [1.165, 1.54) is 193 Å². The van der Waals surface area contributed by atoms with Crippen molar-refractivity contribution in [2.75, 3.05) is 47.5 Å². The highest BCUT2D eigenvalue weighted by atomic mass is 16.7. The fourth-order valence-corrected chi connectivity index (χ4v) is 8.00. The maximum Gasteiger partial charge on any atom is 0.306 e. The average Bonchev–Trinajstić information content (AvgIpc) is 3.26. The van der Waals surface area contributed by atoms with Crippen LogP contribution in [0.25, 0.3) is 0 Å². The zero-order valence-electron chi connectivity index (χ0n) is 42.9. The Labute approximate surface area is 395 Å². The molecule has 0 fully saturated rings. The van der Waals surface area contributed by atoms with Crippen LogP contribution < -0.4 is 5.11 Å². The molecule has 9 heteroatoms. The molecule has 0 saturated carbocycles. The van der Waals surface area contributed by atoms with E-state index >= 15 is 0 Å². The number of nitrogens with zero attached hydrogens (tertiary/aromatic N) is 1. The number of carboxylic acids is 1. The molecule has 378 valence electrons. The number of aliphatic carboxylic acids is 1. The Morgan fingerprint density at radius 1 is 0.453 bits per heavy atom. The summed E-state index contributed by atoms with van der Waals surface area (Å²) in [6.07, 6.45) is 49.6. The van der Waals surface area contributed by atoms with Gasteiger partial charge in [0.1, 0.15) is 13.2 Å². The molecule has 0 aliphatic carbocycles. The van der Waals surface area contributed by atoms with E-state index in [-0.39, 0.29) is 32.2 Å². The summed E-state index contributed by atoms with van der Waals surface area (Å²) >= 11 is 0. The molecule has 0 spiro atoms. The molecular weight excluding hydrogens is 803 g/mol. The molecule has 64 heavy (non-hydrogen) atoms. The number of ether oxygens (including phenoxy) is 4. The van der Waals surface area contributed by atoms with Gasteiger partial charge < -0.3 is 33.3 Å². The lowest BCUT2D eigenvalue weighted by atomic mass is 10.0. The number of carbonyl (C=O) groups is 3. The summed E-state index contributed by atoms with van der Waals surface area (Å²) in [6.45, 7) is 4.79. The molecule has 0 rings (SSSR count). The molecule has 0 aliphatic rings. The van der Waals surface area contributed by atoms with Gasteiger partial charge in [0.2, 0.25) is 0 Å². The van der Waals surface area contributed by atoms with Crippen LogP contribution >= 0.6 is 0 Å². The van der Waals surface area contributed by atoms with Gasteiger partial charge >= 0.3 is 11.9 Å². The van der Waals surface area contributed by atoms with Crippen LogP contribution in [-0.4, -0.2) is 82.3 Å². The lowest BCUT2D eigenvalue weighted by molar-refractivity contribution is -0.870. The van der Waals surface area contributed by atoms with Crippen LogP contribution in [0, 0.1) is 0 Å². The van der Waals surface area contributed by atoms with E-state index in [0.29, 0.717) is 23.9 Å². The Balaban J connectivity index is 4.27. The highest BCUT2D eigenvalue weighted by molar-refractivity contribution is 5.70. The van der Waals surface area contributed by atoms with E-state index in [1.54, 1.807) is 0 Å². The van der Waals surface area contributed by atoms with Gasteiger partial charge in [-0.05, 0) is 38.5 Å². The van der Waals surface area contributed by atoms with Crippen molar-refractivity contribution in [1.82, 2.24) is 0 Å². The highest BCUT2D eigenvalue weighted by Gasteiger charge is 2.22. The summed E-state index contributed by atoms with van der Waals surface area (Å²) in [4.78, 5) is 37.2. The number of hydrogen-bond acceptors (Lipinski definition) is 8. The van der Waals surface area contributed by atoms with Gasteiger partial charge in [-0.15, -0.1) is 0 Å². The van der Waals surface area contributed by atoms with E-state index in [9.17, 15) is 19.5 Å². The van der Waals surface area contributed by atoms with Crippen LogP contribution in [0.2, 0.25) is 0 Å². The first-order valence-electron chi connectivity index (χ1n) is 27.3. The number of carbonyl (C=O) groups excluding carboxylic acids is 3. The van der Waals surface area contributed by atoms with Crippen molar-refractivity contribution in [3.63, 3.8) is 0 Å².